The standard InChI is InChI=1S/C46H72N6O8/c1-12-31(4)42(51(8)40(54)29-48-45(56)41(30(2)3)50(7)26-24-33-20-22-35(47-6)23-21-33)38(58-9)28-39(53)52-25-16-19-37(52)43(59-10)32(5)44(55)49-36(46(57)60-11)27-34-17-14-13-15-18-34/h13-15,17-18,20-23,30-32,36-38,41-43,47H,12,16,19,24-29H2,1-11H3,(H,48,56)(H,49,55)/t31?,32?,36?,37-,38?,41?,42?,43?/m0/s1. The van der Waals surface area contributed by atoms with Crippen molar-refractivity contribution in [2.45, 2.75) is 110 Å². The summed E-state index contributed by atoms with van der Waals surface area (Å²) in [6.07, 6.45) is 1.83. The van der Waals surface area contributed by atoms with Crippen molar-refractivity contribution in [3.8, 4) is 0 Å². The number of carbonyl (C=O) groups is 5. The van der Waals surface area contributed by atoms with Crippen LogP contribution in [0.25, 0.3) is 0 Å². The van der Waals surface area contributed by atoms with Gasteiger partial charge in [0.05, 0.1) is 56.3 Å². The monoisotopic (exact) mass is 837 g/mol. The van der Waals surface area contributed by atoms with Gasteiger partial charge in [-0.05, 0) is 61.4 Å². The van der Waals surface area contributed by atoms with Gasteiger partial charge in [0.15, 0.2) is 0 Å². The third-order valence-electron chi connectivity index (χ3n) is 12.2. The predicted octanol–water partition coefficient (Wildman–Crippen LogP) is 4.16. The molecule has 1 fully saturated rings. The molecule has 0 aliphatic carbocycles. The van der Waals surface area contributed by atoms with Gasteiger partial charge in [0, 0.05) is 53.5 Å². The summed E-state index contributed by atoms with van der Waals surface area (Å²) >= 11 is 0. The van der Waals surface area contributed by atoms with Crippen LogP contribution in [0.1, 0.15) is 71.4 Å². The Kier molecular flexibility index (Phi) is 20.5. The first kappa shape index (κ1) is 49.8. The number of likely N-dealkylation sites (tertiary alicyclic amines) is 1. The number of anilines is 1. The highest BCUT2D eigenvalue weighted by Gasteiger charge is 2.42. The van der Waals surface area contributed by atoms with Crippen molar-refractivity contribution in [3.05, 3.63) is 65.7 Å². The van der Waals surface area contributed by atoms with Crippen LogP contribution in [-0.4, -0.2) is 143 Å². The highest BCUT2D eigenvalue weighted by Crippen LogP contribution is 2.29. The molecule has 1 saturated heterocycles. The van der Waals surface area contributed by atoms with Gasteiger partial charge in [0.1, 0.15) is 6.04 Å². The van der Waals surface area contributed by atoms with E-state index in [2.05, 4.69) is 28.1 Å². The Hall–Kier alpha value is -4.53. The maximum absolute atomic E-state index is 14.2. The van der Waals surface area contributed by atoms with Crippen LogP contribution in [0, 0.1) is 17.8 Å². The lowest BCUT2D eigenvalue weighted by Gasteiger charge is -2.39. The topological polar surface area (TPSA) is 159 Å². The van der Waals surface area contributed by atoms with E-state index in [4.69, 9.17) is 14.2 Å². The molecule has 8 atom stereocenters. The van der Waals surface area contributed by atoms with E-state index in [1.54, 1.807) is 30.9 Å². The molecule has 1 aliphatic heterocycles. The zero-order valence-electron chi connectivity index (χ0n) is 37.9. The molecule has 3 rings (SSSR count). The Balaban J connectivity index is 1.67. The largest absolute Gasteiger partial charge is 0.467 e. The molecule has 7 unspecified atom stereocenters. The fourth-order valence-electron chi connectivity index (χ4n) is 8.50. The minimum absolute atomic E-state index is 0.00237. The van der Waals surface area contributed by atoms with Gasteiger partial charge in [-0.1, -0.05) is 83.5 Å². The van der Waals surface area contributed by atoms with E-state index in [1.807, 2.05) is 89.2 Å². The summed E-state index contributed by atoms with van der Waals surface area (Å²) in [5.41, 5.74) is 3.08. The number of hydrogen-bond acceptors (Lipinski definition) is 10. The van der Waals surface area contributed by atoms with Crippen LogP contribution in [0.2, 0.25) is 0 Å². The number of methoxy groups -OCH3 is 3. The normalized spacial score (nSPS) is 17.6. The highest BCUT2D eigenvalue weighted by molar-refractivity contribution is 5.88. The summed E-state index contributed by atoms with van der Waals surface area (Å²) in [5, 5.41) is 8.89. The van der Waals surface area contributed by atoms with Crippen LogP contribution in [0.3, 0.4) is 0 Å². The molecule has 0 spiro atoms. The predicted molar refractivity (Wildman–Crippen MR) is 234 cm³/mol. The minimum atomic E-state index is -0.894. The fraction of sp³-hybridized carbons (Fsp3) is 0.630. The van der Waals surface area contributed by atoms with Crippen molar-refractivity contribution in [1.82, 2.24) is 25.3 Å². The van der Waals surface area contributed by atoms with Gasteiger partial charge < -0.3 is 40.0 Å². The van der Waals surface area contributed by atoms with Crippen LogP contribution in [0.15, 0.2) is 54.6 Å². The van der Waals surface area contributed by atoms with Crippen LogP contribution < -0.4 is 16.0 Å². The summed E-state index contributed by atoms with van der Waals surface area (Å²) in [5.74, 6) is -2.33. The smallest absolute Gasteiger partial charge is 0.328 e. The molecule has 2 aromatic rings. The first-order valence-electron chi connectivity index (χ1n) is 21.4. The Labute approximate surface area is 358 Å². The molecular formula is C46H72N6O8. The molecule has 2 aromatic carbocycles. The summed E-state index contributed by atoms with van der Waals surface area (Å²) in [6, 6.07) is 15.4. The van der Waals surface area contributed by atoms with Gasteiger partial charge in [-0.15, -0.1) is 0 Å². The number of hydrogen-bond donors (Lipinski definition) is 3. The van der Waals surface area contributed by atoms with E-state index in [9.17, 15) is 24.0 Å². The van der Waals surface area contributed by atoms with Crippen molar-refractivity contribution in [2.24, 2.45) is 17.8 Å². The second-order valence-corrected chi connectivity index (χ2v) is 16.5. The third-order valence-corrected chi connectivity index (χ3v) is 12.2. The number of nitrogens with zero attached hydrogens (tertiary/aromatic N) is 3. The average molecular weight is 837 g/mol. The second-order valence-electron chi connectivity index (χ2n) is 16.5. The molecular weight excluding hydrogens is 765 g/mol. The zero-order chi connectivity index (χ0) is 44.5. The van der Waals surface area contributed by atoms with Crippen molar-refractivity contribution < 1.29 is 38.2 Å². The molecule has 0 aromatic heterocycles. The molecule has 4 amide bonds. The number of ether oxygens (including phenoxy) is 3. The molecule has 1 aliphatic rings. The molecule has 60 heavy (non-hydrogen) atoms. The first-order chi connectivity index (χ1) is 28.6. The van der Waals surface area contributed by atoms with E-state index >= 15 is 0 Å². The molecule has 0 bridgehead atoms. The van der Waals surface area contributed by atoms with E-state index in [-0.39, 0.29) is 54.9 Å². The zero-order valence-corrected chi connectivity index (χ0v) is 37.9. The summed E-state index contributed by atoms with van der Waals surface area (Å²) in [4.78, 5) is 73.4. The molecule has 0 saturated carbocycles. The average Bonchev–Trinajstić information content (AvgIpc) is 3.74. The second kappa shape index (κ2) is 24.7. The summed E-state index contributed by atoms with van der Waals surface area (Å²) in [7, 11) is 9.88. The minimum Gasteiger partial charge on any atom is -0.467 e. The van der Waals surface area contributed by atoms with Crippen LogP contribution in [-0.2, 0) is 51.0 Å². The summed E-state index contributed by atoms with van der Waals surface area (Å²) in [6.45, 7) is 10.7. The number of likely N-dealkylation sites (N-methyl/N-ethyl adjacent to an activating group) is 2. The lowest BCUT2D eigenvalue weighted by molar-refractivity contribution is -0.148. The number of esters is 1. The van der Waals surface area contributed by atoms with Gasteiger partial charge in [0.25, 0.3) is 0 Å². The van der Waals surface area contributed by atoms with E-state index < -0.39 is 48.3 Å². The lowest BCUT2D eigenvalue weighted by atomic mass is 9.90. The number of nitrogens with one attached hydrogen (secondary N) is 3. The van der Waals surface area contributed by atoms with Gasteiger partial charge >= 0.3 is 5.97 Å². The Morgan fingerprint density at radius 3 is 2.12 bits per heavy atom. The lowest BCUT2D eigenvalue weighted by Crippen LogP contribution is -2.55. The van der Waals surface area contributed by atoms with Gasteiger partial charge in [-0.25, -0.2) is 4.79 Å². The number of carbonyl (C=O) groups excluding carboxylic acids is 5. The third kappa shape index (κ3) is 13.8. The van der Waals surface area contributed by atoms with Gasteiger partial charge in [0.2, 0.25) is 23.6 Å². The SMILES string of the molecule is CCC(C)C(C(CC(=O)N1CCC[C@H]1C(OC)C(C)C(=O)NC(Cc1ccccc1)C(=O)OC)OC)N(C)C(=O)CNC(=O)C(C(C)C)N(C)CCc1ccc(NC)cc1. The maximum atomic E-state index is 14.2. The molecule has 14 nitrogen and oxygen atoms in total. The molecule has 1 heterocycles. The van der Waals surface area contributed by atoms with Crippen LogP contribution >= 0.6 is 0 Å². The Morgan fingerprint density at radius 2 is 1.55 bits per heavy atom. The van der Waals surface area contributed by atoms with E-state index in [0.717, 1.165) is 30.5 Å². The quantitative estimate of drug-likeness (QED) is 0.131. The Bertz CT molecular complexity index is 1660. The van der Waals surface area contributed by atoms with Gasteiger partial charge in [-0.2, -0.15) is 0 Å². The molecule has 3 N–H and O–H groups in total. The molecule has 0 radical (unpaired) electrons. The number of benzene rings is 2. The van der Waals surface area contributed by atoms with Crippen molar-refractivity contribution in [2.75, 3.05) is 67.4 Å². The number of amides is 4. The van der Waals surface area contributed by atoms with Gasteiger partial charge in [-0.3, -0.25) is 24.1 Å². The maximum Gasteiger partial charge on any atom is 0.328 e. The summed E-state index contributed by atoms with van der Waals surface area (Å²) < 4.78 is 16.9. The van der Waals surface area contributed by atoms with E-state index in [1.165, 1.54) is 19.8 Å². The highest BCUT2D eigenvalue weighted by atomic mass is 16.5. The Morgan fingerprint density at radius 1 is 0.883 bits per heavy atom. The fourth-order valence-corrected chi connectivity index (χ4v) is 8.50. The molecule has 334 valence electrons. The van der Waals surface area contributed by atoms with Crippen molar-refractivity contribution in [3.63, 3.8) is 0 Å². The first-order valence-corrected chi connectivity index (χ1v) is 21.4. The molecule has 14 heteroatoms. The van der Waals surface area contributed by atoms with Crippen molar-refractivity contribution in [1.29, 1.82) is 0 Å². The van der Waals surface area contributed by atoms with E-state index in [0.29, 0.717) is 19.5 Å². The van der Waals surface area contributed by atoms with Crippen LogP contribution in [0.5, 0.6) is 0 Å². The van der Waals surface area contributed by atoms with Crippen molar-refractivity contribution >= 4 is 35.3 Å². The van der Waals surface area contributed by atoms with Crippen LogP contribution in [0.4, 0.5) is 5.69 Å². The number of rotatable bonds is 24.